The number of rotatable bonds is 7. The average molecular weight is 399 g/mol. The molecule has 3 N–H and O–H groups in total. The maximum absolute atomic E-state index is 12.7. The Balaban J connectivity index is 1.80. The van der Waals surface area contributed by atoms with E-state index in [9.17, 15) is 14.7 Å². The fraction of sp³-hybridized carbons (Fsp3) is 0.150. The van der Waals surface area contributed by atoms with Crippen molar-refractivity contribution in [2.75, 3.05) is 12.3 Å². The molecule has 0 saturated heterocycles. The highest BCUT2D eigenvalue weighted by atomic mass is 35.5. The summed E-state index contributed by atoms with van der Waals surface area (Å²) in [6, 6.07) is 16.0. The van der Waals surface area contributed by atoms with Gasteiger partial charge >= 0.3 is 5.97 Å². The standard InChI is InChI=1S/C20H19ClN4O3/c21-16-8-6-15(7-9-16)20(28)24(13-19(26)27)12-18-17(22)11-25(23-18)10-14-4-2-1-3-5-14/h1-9,11H,10,12-13,22H2,(H,26,27). The van der Waals surface area contributed by atoms with Gasteiger partial charge in [0.25, 0.3) is 5.91 Å². The van der Waals surface area contributed by atoms with Gasteiger partial charge in [-0.05, 0) is 29.8 Å². The maximum atomic E-state index is 12.7. The van der Waals surface area contributed by atoms with Gasteiger partial charge in [0.05, 0.1) is 18.8 Å². The Morgan fingerprint density at radius 1 is 1.11 bits per heavy atom. The summed E-state index contributed by atoms with van der Waals surface area (Å²) in [7, 11) is 0. The summed E-state index contributed by atoms with van der Waals surface area (Å²) in [6.07, 6.45) is 1.67. The number of carboxylic acids is 1. The number of aromatic nitrogens is 2. The van der Waals surface area contributed by atoms with Crippen LogP contribution in [0.15, 0.2) is 60.8 Å². The number of amides is 1. The third-order valence-corrected chi connectivity index (χ3v) is 4.35. The normalized spacial score (nSPS) is 10.6. The molecule has 1 aromatic heterocycles. The van der Waals surface area contributed by atoms with Gasteiger partial charge in [-0.2, -0.15) is 5.10 Å². The highest BCUT2D eigenvalue weighted by molar-refractivity contribution is 6.30. The molecule has 7 nitrogen and oxygen atoms in total. The number of aliphatic carboxylic acids is 1. The van der Waals surface area contributed by atoms with E-state index in [0.29, 0.717) is 28.5 Å². The van der Waals surface area contributed by atoms with Crippen molar-refractivity contribution in [1.29, 1.82) is 0 Å². The van der Waals surface area contributed by atoms with E-state index in [-0.39, 0.29) is 6.54 Å². The van der Waals surface area contributed by atoms with Gasteiger partial charge in [0.2, 0.25) is 0 Å². The van der Waals surface area contributed by atoms with Crippen LogP contribution in [0.5, 0.6) is 0 Å². The average Bonchev–Trinajstić information content (AvgIpc) is 3.00. The number of carboxylic acid groups (broad SMARTS) is 1. The Morgan fingerprint density at radius 2 is 1.79 bits per heavy atom. The number of carbonyl (C=O) groups excluding carboxylic acids is 1. The van der Waals surface area contributed by atoms with E-state index >= 15 is 0 Å². The van der Waals surface area contributed by atoms with Crippen molar-refractivity contribution in [2.24, 2.45) is 0 Å². The fourth-order valence-electron chi connectivity index (χ4n) is 2.77. The lowest BCUT2D eigenvalue weighted by molar-refractivity contribution is -0.137. The number of hydrogen-bond donors (Lipinski definition) is 2. The van der Waals surface area contributed by atoms with Crippen molar-refractivity contribution in [1.82, 2.24) is 14.7 Å². The number of anilines is 1. The molecular formula is C20H19ClN4O3. The summed E-state index contributed by atoms with van der Waals surface area (Å²) in [5.41, 5.74) is 8.28. The summed E-state index contributed by atoms with van der Waals surface area (Å²) in [5.74, 6) is -1.55. The smallest absolute Gasteiger partial charge is 0.323 e. The summed E-state index contributed by atoms with van der Waals surface area (Å²) in [6.45, 7) is 0.0446. The molecule has 8 heteroatoms. The van der Waals surface area contributed by atoms with Crippen LogP contribution in [-0.2, 0) is 17.9 Å². The molecule has 0 aliphatic carbocycles. The molecule has 2 aromatic carbocycles. The van der Waals surface area contributed by atoms with E-state index in [4.69, 9.17) is 17.3 Å². The number of hydrogen-bond acceptors (Lipinski definition) is 4. The number of nitrogens with two attached hydrogens (primary N) is 1. The third kappa shape index (κ3) is 4.89. The second kappa shape index (κ2) is 8.58. The van der Waals surface area contributed by atoms with E-state index in [1.54, 1.807) is 35.1 Å². The van der Waals surface area contributed by atoms with Crippen LogP contribution < -0.4 is 5.73 Å². The van der Waals surface area contributed by atoms with Gasteiger partial charge in [0.15, 0.2) is 0 Å². The SMILES string of the molecule is Nc1cn(Cc2ccccc2)nc1CN(CC(=O)O)C(=O)c1ccc(Cl)cc1. The summed E-state index contributed by atoms with van der Waals surface area (Å²) in [5, 5.41) is 14.1. The van der Waals surface area contributed by atoms with Crippen LogP contribution in [0.1, 0.15) is 21.6 Å². The van der Waals surface area contributed by atoms with E-state index in [0.717, 1.165) is 5.56 Å². The number of nitrogens with zero attached hydrogens (tertiary/aromatic N) is 3. The van der Waals surface area contributed by atoms with Gasteiger partial charge in [-0.15, -0.1) is 0 Å². The zero-order chi connectivity index (χ0) is 20.1. The van der Waals surface area contributed by atoms with Gasteiger partial charge in [0, 0.05) is 16.8 Å². The molecule has 0 unspecified atom stereocenters. The van der Waals surface area contributed by atoms with Gasteiger partial charge in [0.1, 0.15) is 12.2 Å². The minimum atomic E-state index is -1.12. The number of halogens is 1. The van der Waals surface area contributed by atoms with Crippen molar-refractivity contribution >= 4 is 29.2 Å². The third-order valence-electron chi connectivity index (χ3n) is 4.10. The zero-order valence-electron chi connectivity index (χ0n) is 15.0. The van der Waals surface area contributed by atoms with E-state index < -0.39 is 18.4 Å². The summed E-state index contributed by atoms with van der Waals surface area (Å²) < 4.78 is 1.67. The molecule has 0 aliphatic rings. The monoisotopic (exact) mass is 398 g/mol. The number of carbonyl (C=O) groups is 2. The van der Waals surface area contributed by atoms with Crippen LogP contribution in [0.3, 0.4) is 0 Å². The van der Waals surface area contributed by atoms with Crippen molar-refractivity contribution < 1.29 is 14.7 Å². The molecule has 144 valence electrons. The molecule has 0 radical (unpaired) electrons. The van der Waals surface area contributed by atoms with Crippen LogP contribution in [0.25, 0.3) is 0 Å². The Bertz CT molecular complexity index is 971. The predicted molar refractivity (Wildman–Crippen MR) is 106 cm³/mol. The van der Waals surface area contributed by atoms with Gasteiger partial charge in [-0.1, -0.05) is 41.9 Å². The number of nitrogen functional groups attached to an aromatic ring is 1. The first-order valence-electron chi connectivity index (χ1n) is 8.54. The molecule has 1 heterocycles. The fourth-order valence-corrected chi connectivity index (χ4v) is 2.90. The summed E-state index contributed by atoms with van der Waals surface area (Å²) >= 11 is 5.85. The van der Waals surface area contributed by atoms with Crippen LogP contribution in [0, 0.1) is 0 Å². The molecule has 0 fully saturated rings. The summed E-state index contributed by atoms with van der Waals surface area (Å²) in [4.78, 5) is 25.2. The molecule has 0 saturated carbocycles. The largest absolute Gasteiger partial charge is 0.480 e. The zero-order valence-corrected chi connectivity index (χ0v) is 15.7. The highest BCUT2D eigenvalue weighted by Gasteiger charge is 2.21. The van der Waals surface area contributed by atoms with E-state index in [1.807, 2.05) is 30.3 Å². The minimum Gasteiger partial charge on any atom is -0.480 e. The van der Waals surface area contributed by atoms with Crippen molar-refractivity contribution in [3.05, 3.63) is 82.6 Å². The number of benzene rings is 2. The Kier molecular flexibility index (Phi) is 5.96. The lowest BCUT2D eigenvalue weighted by Crippen LogP contribution is -2.35. The molecule has 3 aromatic rings. The van der Waals surface area contributed by atoms with Crippen LogP contribution >= 0.6 is 11.6 Å². The predicted octanol–water partition coefficient (Wildman–Crippen LogP) is 2.89. The van der Waals surface area contributed by atoms with Crippen LogP contribution in [-0.4, -0.2) is 38.2 Å². The van der Waals surface area contributed by atoms with Crippen molar-refractivity contribution in [2.45, 2.75) is 13.1 Å². The first kappa shape index (κ1) is 19.4. The van der Waals surface area contributed by atoms with Crippen molar-refractivity contribution in [3.63, 3.8) is 0 Å². The molecule has 0 bridgehead atoms. The van der Waals surface area contributed by atoms with Gasteiger partial charge in [-0.25, -0.2) is 0 Å². The Hall–Kier alpha value is -3.32. The molecule has 1 amide bonds. The Labute approximate surface area is 166 Å². The van der Waals surface area contributed by atoms with Crippen molar-refractivity contribution in [3.8, 4) is 0 Å². The van der Waals surface area contributed by atoms with Gasteiger partial charge in [-0.3, -0.25) is 14.3 Å². The second-order valence-electron chi connectivity index (χ2n) is 6.28. The molecule has 0 aliphatic heterocycles. The maximum Gasteiger partial charge on any atom is 0.323 e. The molecule has 3 rings (SSSR count). The lowest BCUT2D eigenvalue weighted by atomic mass is 10.2. The first-order valence-corrected chi connectivity index (χ1v) is 8.92. The van der Waals surface area contributed by atoms with E-state index in [2.05, 4.69) is 5.10 Å². The molecule has 28 heavy (non-hydrogen) atoms. The lowest BCUT2D eigenvalue weighted by Gasteiger charge is -2.20. The quantitative estimate of drug-likeness (QED) is 0.637. The van der Waals surface area contributed by atoms with E-state index in [1.165, 1.54) is 4.90 Å². The second-order valence-corrected chi connectivity index (χ2v) is 6.71. The minimum absolute atomic E-state index is 0.0125. The highest BCUT2D eigenvalue weighted by Crippen LogP contribution is 2.17. The Morgan fingerprint density at radius 3 is 2.43 bits per heavy atom. The molecule has 0 atom stereocenters. The molecule has 0 spiro atoms. The first-order chi connectivity index (χ1) is 13.4. The van der Waals surface area contributed by atoms with Gasteiger partial charge < -0.3 is 15.7 Å². The molecular weight excluding hydrogens is 380 g/mol. The van der Waals surface area contributed by atoms with Crippen LogP contribution in [0.4, 0.5) is 5.69 Å². The topological polar surface area (TPSA) is 101 Å². The van der Waals surface area contributed by atoms with Crippen LogP contribution in [0.2, 0.25) is 5.02 Å².